The zero-order chi connectivity index (χ0) is 25.0. The molecule has 0 aromatic heterocycles. The molecule has 0 radical (unpaired) electrons. The Balaban J connectivity index is 2.60. The van der Waals surface area contributed by atoms with E-state index in [1.807, 2.05) is 0 Å². The van der Waals surface area contributed by atoms with Gasteiger partial charge in [0.25, 0.3) is 0 Å². The Hall–Kier alpha value is -2.64. The van der Waals surface area contributed by atoms with Crippen LogP contribution in [0.5, 0.6) is 0 Å². The van der Waals surface area contributed by atoms with Gasteiger partial charge in [-0.3, -0.25) is 4.79 Å². The van der Waals surface area contributed by atoms with E-state index in [9.17, 15) is 42.4 Å². The summed E-state index contributed by atoms with van der Waals surface area (Å²) in [6.45, 7) is -0.784. The molecule has 0 heterocycles. The third-order valence-electron chi connectivity index (χ3n) is 3.94. The molecule has 1 unspecified atom stereocenters. The predicted molar refractivity (Wildman–Crippen MR) is 114 cm³/mol. The Bertz CT molecular complexity index is 854. The van der Waals surface area contributed by atoms with E-state index in [2.05, 4.69) is 16.0 Å². The number of carbonyl (C=O) groups excluding carboxylic acids is 5. The Kier molecular flexibility index (Phi) is 12.5. The van der Waals surface area contributed by atoms with E-state index >= 15 is 0 Å². The molecule has 0 saturated heterocycles. The molecule has 15 heteroatoms. The number of rotatable bonds is 14. The minimum atomic E-state index is -3.00. The molecule has 0 aliphatic rings. The number of thioether (sulfide) groups is 1. The Morgan fingerprint density at radius 3 is 2.24 bits per heavy atom. The van der Waals surface area contributed by atoms with Gasteiger partial charge in [0.15, 0.2) is 0 Å². The monoisotopic (exact) mass is 546 g/mol. The quantitative estimate of drug-likeness (QED) is 0.120. The van der Waals surface area contributed by atoms with Gasteiger partial charge in [-0.2, -0.15) is 0 Å². The molecular formula is C18H23AsN4O9S-2. The van der Waals surface area contributed by atoms with Crippen LogP contribution < -0.4 is 36.2 Å². The number of carbonyl (C=O) groups is 5. The van der Waals surface area contributed by atoms with Crippen LogP contribution in [0.2, 0.25) is 0 Å². The number of aliphatic carboxylic acids is 2. The van der Waals surface area contributed by atoms with E-state index in [0.29, 0.717) is 10.0 Å². The molecule has 7 N–H and O–H groups in total. The molecule has 33 heavy (non-hydrogen) atoms. The first-order chi connectivity index (χ1) is 15.5. The van der Waals surface area contributed by atoms with Gasteiger partial charge >= 0.3 is 130 Å². The fourth-order valence-corrected chi connectivity index (χ4v) is 4.00. The SMILES string of the molecule is N[C@@H](CCC(=O)NC(CSCC(=O)Nc1ccc([As](O)O)cc1)C(=O)NCC(=O)[O-])C(=O)[O-]. The molecule has 0 bridgehead atoms. The van der Waals surface area contributed by atoms with Crippen molar-refractivity contribution in [2.45, 2.75) is 24.9 Å². The molecule has 3 amide bonds. The second-order valence-corrected chi connectivity index (χ2v) is 9.90. The first-order valence-electron chi connectivity index (χ1n) is 9.38. The minimum absolute atomic E-state index is 0.0912. The second-order valence-electron chi connectivity index (χ2n) is 6.57. The molecule has 0 fully saturated rings. The van der Waals surface area contributed by atoms with Crippen molar-refractivity contribution in [1.82, 2.24) is 10.6 Å². The topological polar surface area (TPSA) is 234 Å². The minimum Gasteiger partial charge on any atom is -0.548 e. The Morgan fingerprint density at radius 2 is 1.70 bits per heavy atom. The molecule has 0 spiro atoms. The smallest absolute Gasteiger partial charge is 0.548 e. The van der Waals surface area contributed by atoms with Gasteiger partial charge in [0, 0.05) is 12.5 Å². The zero-order valence-electron chi connectivity index (χ0n) is 17.2. The van der Waals surface area contributed by atoms with Crippen LogP contribution in [0.25, 0.3) is 0 Å². The number of carboxylic acid groups (broad SMARTS) is 2. The van der Waals surface area contributed by atoms with Gasteiger partial charge in [-0.05, 0) is 6.42 Å². The number of carboxylic acids is 2. The molecule has 0 saturated carbocycles. The summed E-state index contributed by atoms with van der Waals surface area (Å²) < 4.78 is 18.8. The van der Waals surface area contributed by atoms with E-state index in [-0.39, 0.29) is 24.3 Å². The van der Waals surface area contributed by atoms with Crippen LogP contribution >= 0.6 is 11.8 Å². The third-order valence-corrected chi connectivity index (χ3v) is 6.57. The van der Waals surface area contributed by atoms with Crippen molar-refractivity contribution in [3.63, 3.8) is 0 Å². The summed E-state index contributed by atoms with van der Waals surface area (Å²) in [5.41, 5.74) is 5.69. The van der Waals surface area contributed by atoms with Crippen LogP contribution in [0, 0.1) is 0 Å². The summed E-state index contributed by atoms with van der Waals surface area (Å²) in [7, 11) is 0. The number of anilines is 1. The van der Waals surface area contributed by atoms with Crippen molar-refractivity contribution in [3.8, 4) is 0 Å². The van der Waals surface area contributed by atoms with Gasteiger partial charge in [-0.25, -0.2) is 0 Å². The molecule has 1 aromatic carbocycles. The number of nitrogens with two attached hydrogens (primary N) is 1. The van der Waals surface area contributed by atoms with Crippen LogP contribution in [-0.4, -0.2) is 83.3 Å². The summed E-state index contributed by atoms with van der Waals surface area (Å²) in [5.74, 6) is -5.23. The number of nitrogens with one attached hydrogen (secondary N) is 3. The van der Waals surface area contributed by atoms with Crippen LogP contribution in [-0.2, 0) is 24.0 Å². The van der Waals surface area contributed by atoms with Gasteiger partial charge in [-0.1, -0.05) is 0 Å². The fraction of sp³-hybridized carbons (Fsp3) is 0.389. The standard InChI is InChI=1S/C18H25AsN4O9S/c20-12(18(29)30)5-6-14(24)23-13(17(28)21-7-16(26)27)8-33-9-15(25)22-11-3-1-10(2-4-11)19(31)32/h1-4,12-13,31-32H,5-9,20H2,(H,21,28)(H,22,25)(H,23,24)(H,26,27)(H,29,30)/p-2/t12-,13?/m0/s1. The fourth-order valence-electron chi connectivity index (χ4n) is 2.28. The molecule has 1 rings (SSSR count). The summed E-state index contributed by atoms with van der Waals surface area (Å²) in [5, 5.41) is 28.2. The zero-order valence-corrected chi connectivity index (χ0v) is 19.9. The summed E-state index contributed by atoms with van der Waals surface area (Å²) in [6.07, 6.45) is -0.544. The average molecular weight is 546 g/mol. The summed E-state index contributed by atoms with van der Waals surface area (Å²) >= 11 is -2.02. The number of hydrogen-bond acceptors (Lipinski definition) is 11. The molecule has 182 valence electrons. The van der Waals surface area contributed by atoms with Crippen LogP contribution in [0.3, 0.4) is 0 Å². The average Bonchev–Trinajstić information content (AvgIpc) is 2.75. The van der Waals surface area contributed by atoms with Crippen molar-refractivity contribution in [1.29, 1.82) is 0 Å². The van der Waals surface area contributed by atoms with E-state index < -0.39 is 63.6 Å². The van der Waals surface area contributed by atoms with E-state index in [4.69, 9.17) is 5.73 Å². The van der Waals surface area contributed by atoms with Crippen molar-refractivity contribution < 1.29 is 42.4 Å². The molecular weight excluding hydrogens is 523 g/mol. The van der Waals surface area contributed by atoms with Gasteiger partial charge in [0.05, 0.1) is 18.5 Å². The summed E-state index contributed by atoms with van der Waals surface area (Å²) in [6, 6.07) is 3.38. The summed E-state index contributed by atoms with van der Waals surface area (Å²) in [4.78, 5) is 57.5. The van der Waals surface area contributed by atoms with E-state index in [1.54, 1.807) is 0 Å². The Labute approximate surface area is 198 Å². The molecule has 1 aromatic rings. The van der Waals surface area contributed by atoms with Crippen LogP contribution in [0.4, 0.5) is 5.69 Å². The van der Waals surface area contributed by atoms with Gasteiger partial charge in [0.2, 0.25) is 0 Å². The molecule has 13 nitrogen and oxygen atoms in total. The first kappa shape index (κ1) is 28.4. The van der Waals surface area contributed by atoms with Gasteiger partial charge in [0.1, 0.15) is 0 Å². The van der Waals surface area contributed by atoms with Crippen molar-refractivity contribution in [2.75, 3.05) is 23.4 Å². The van der Waals surface area contributed by atoms with E-state index in [1.165, 1.54) is 24.3 Å². The maximum absolute atomic E-state index is 12.2. The Morgan fingerprint density at radius 1 is 1.06 bits per heavy atom. The molecule has 0 aliphatic heterocycles. The number of benzene rings is 1. The first-order valence-corrected chi connectivity index (χ1v) is 13.2. The van der Waals surface area contributed by atoms with Crippen LogP contribution in [0.1, 0.15) is 12.8 Å². The third kappa shape index (κ3) is 11.7. The van der Waals surface area contributed by atoms with Gasteiger partial charge < -0.3 is 25.5 Å². The normalized spacial score (nSPS) is 12.5. The maximum atomic E-state index is 12.2. The van der Waals surface area contributed by atoms with E-state index in [0.717, 1.165) is 11.8 Å². The van der Waals surface area contributed by atoms with Crippen molar-refractivity contribution in [3.05, 3.63) is 24.3 Å². The molecule has 2 atom stereocenters. The van der Waals surface area contributed by atoms with Crippen LogP contribution in [0.15, 0.2) is 24.3 Å². The van der Waals surface area contributed by atoms with Crippen molar-refractivity contribution in [2.24, 2.45) is 5.73 Å². The number of hydrogen-bond donors (Lipinski definition) is 6. The molecule has 0 aliphatic carbocycles. The van der Waals surface area contributed by atoms with Crippen molar-refractivity contribution >= 4 is 66.8 Å². The second kappa shape index (κ2) is 14.5. The van der Waals surface area contributed by atoms with Gasteiger partial charge in [-0.15, -0.1) is 0 Å². The number of amides is 3. The predicted octanol–water partition coefficient (Wildman–Crippen LogP) is -5.75.